The van der Waals surface area contributed by atoms with Crippen LogP contribution >= 0.6 is 0 Å². The Balaban J connectivity index is 1.57. The quantitative estimate of drug-likeness (QED) is 0.580. The molecule has 2 atom stereocenters. The molecule has 1 amide bonds. The van der Waals surface area contributed by atoms with Crippen LogP contribution in [0.1, 0.15) is 17.4 Å². The Labute approximate surface area is 150 Å². The number of benzene rings is 2. The minimum Gasteiger partial charge on any atom is -0.477 e. The van der Waals surface area contributed by atoms with Crippen molar-refractivity contribution < 1.29 is 18.7 Å². The van der Waals surface area contributed by atoms with E-state index in [0.29, 0.717) is 17.3 Å². The largest absolute Gasteiger partial charge is 0.477 e. The summed E-state index contributed by atoms with van der Waals surface area (Å²) in [6.07, 6.45) is 1.50. The highest BCUT2D eigenvalue weighted by atomic mass is 16.6. The average Bonchev–Trinajstić information content (AvgIpc) is 3.21. The van der Waals surface area contributed by atoms with Crippen molar-refractivity contribution in [3.8, 4) is 11.5 Å². The maximum atomic E-state index is 12.7. The predicted octanol–water partition coefficient (Wildman–Crippen LogP) is 3.31. The Morgan fingerprint density at radius 2 is 1.65 bits per heavy atom. The van der Waals surface area contributed by atoms with E-state index in [4.69, 9.17) is 13.9 Å². The molecule has 2 aromatic carbocycles. The van der Waals surface area contributed by atoms with Crippen molar-refractivity contribution in [1.29, 1.82) is 0 Å². The van der Waals surface area contributed by atoms with Crippen molar-refractivity contribution in [3.63, 3.8) is 0 Å². The highest BCUT2D eigenvalue weighted by Crippen LogP contribution is 2.39. The summed E-state index contributed by atoms with van der Waals surface area (Å²) in [5.41, 5.74) is 3.33. The zero-order chi connectivity index (χ0) is 17.8. The summed E-state index contributed by atoms with van der Waals surface area (Å²) in [5.74, 6) is 1.26. The number of fused-ring (bicyclic) bond motifs is 1. The van der Waals surface area contributed by atoms with Crippen molar-refractivity contribution in [1.82, 2.24) is 5.43 Å². The molecule has 0 saturated heterocycles. The van der Waals surface area contributed by atoms with Gasteiger partial charge in [-0.2, -0.15) is 5.10 Å². The first kappa shape index (κ1) is 16.0. The fraction of sp³-hybridized carbons (Fsp3) is 0.100. The molecule has 0 aliphatic carbocycles. The van der Waals surface area contributed by atoms with E-state index in [-0.39, 0.29) is 0 Å². The van der Waals surface area contributed by atoms with Gasteiger partial charge in [-0.25, -0.2) is 5.43 Å². The molecular weight excluding hydrogens is 332 g/mol. The van der Waals surface area contributed by atoms with Crippen molar-refractivity contribution in [3.05, 3.63) is 84.3 Å². The Bertz CT molecular complexity index is 907. The first-order valence-electron chi connectivity index (χ1n) is 8.15. The molecule has 1 aromatic heterocycles. The van der Waals surface area contributed by atoms with Gasteiger partial charge in [-0.15, -0.1) is 0 Å². The molecule has 130 valence electrons. The first-order chi connectivity index (χ1) is 12.8. The molecule has 0 bridgehead atoms. The second kappa shape index (κ2) is 7.14. The number of hydrazone groups is 1. The molecule has 0 radical (unpaired) electrons. The van der Waals surface area contributed by atoms with Gasteiger partial charge in [0.15, 0.2) is 17.6 Å². The Morgan fingerprint density at radius 1 is 0.923 bits per heavy atom. The molecule has 6 nitrogen and oxygen atoms in total. The van der Waals surface area contributed by atoms with Crippen LogP contribution in [-0.2, 0) is 4.79 Å². The third-order valence-electron chi connectivity index (χ3n) is 3.93. The number of hydrogen-bond donors (Lipinski definition) is 1. The van der Waals surface area contributed by atoms with Crippen molar-refractivity contribution in [2.45, 2.75) is 12.2 Å². The molecule has 0 spiro atoms. The number of para-hydroxylation sites is 2. The smallest absolute Gasteiger partial charge is 0.285 e. The molecule has 2 heterocycles. The van der Waals surface area contributed by atoms with Crippen LogP contribution < -0.4 is 14.9 Å². The van der Waals surface area contributed by atoms with Gasteiger partial charge in [-0.1, -0.05) is 42.5 Å². The number of ether oxygens (including phenoxy) is 2. The number of furan rings is 1. The number of rotatable bonds is 4. The van der Waals surface area contributed by atoms with Gasteiger partial charge < -0.3 is 13.9 Å². The number of amides is 1. The van der Waals surface area contributed by atoms with E-state index < -0.39 is 18.1 Å². The molecule has 1 N–H and O–H groups in total. The third-order valence-corrected chi connectivity index (χ3v) is 3.93. The average molecular weight is 348 g/mol. The summed E-state index contributed by atoms with van der Waals surface area (Å²) >= 11 is 0. The summed E-state index contributed by atoms with van der Waals surface area (Å²) in [7, 11) is 0. The SMILES string of the molecule is O=C(N/N=C\c1ccco1)[C@@H]1Oc2ccccc2O[C@H]1c1ccccc1. The van der Waals surface area contributed by atoms with Crippen LogP contribution in [-0.4, -0.2) is 18.2 Å². The number of nitrogens with one attached hydrogen (secondary N) is 1. The third kappa shape index (κ3) is 3.30. The molecular formula is C20H16N2O4. The highest BCUT2D eigenvalue weighted by molar-refractivity contribution is 5.84. The molecule has 1 aliphatic heterocycles. The van der Waals surface area contributed by atoms with Crippen LogP contribution in [0.25, 0.3) is 0 Å². The van der Waals surface area contributed by atoms with E-state index in [1.165, 1.54) is 12.5 Å². The zero-order valence-electron chi connectivity index (χ0n) is 13.7. The van der Waals surface area contributed by atoms with E-state index in [9.17, 15) is 4.79 Å². The summed E-state index contributed by atoms with van der Waals surface area (Å²) in [5, 5.41) is 3.92. The molecule has 3 aromatic rings. The molecule has 1 aliphatic rings. The molecule has 0 unspecified atom stereocenters. The summed E-state index contributed by atoms with van der Waals surface area (Å²) < 4.78 is 17.1. The van der Waals surface area contributed by atoms with Crippen LogP contribution in [0.3, 0.4) is 0 Å². The van der Waals surface area contributed by atoms with Gasteiger partial charge in [0.2, 0.25) is 6.10 Å². The van der Waals surface area contributed by atoms with Gasteiger partial charge in [-0.05, 0) is 29.8 Å². The lowest BCUT2D eigenvalue weighted by Gasteiger charge is -2.32. The summed E-state index contributed by atoms with van der Waals surface area (Å²) in [6, 6.07) is 20.2. The van der Waals surface area contributed by atoms with Gasteiger partial charge in [-0.3, -0.25) is 4.79 Å². The predicted molar refractivity (Wildman–Crippen MR) is 95.1 cm³/mol. The minimum absolute atomic E-state index is 0.406. The Morgan fingerprint density at radius 3 is 2.38 bits per heavy atom. The zero-order valence-corrected chi connectivity index (χ0v) is 13.7. The normalized spacial score (nSPS) is 18.6. The second-order valence-corrected chi connectivity index (χ2v) is 5.68. The van der Waals surface area contributed by atoms with E-state index >= 15 is 0 Å². The maximum Gasteiger partial charge on any atom is 0.285 e. The van der Waals surface area contributed by atoms with Crippen LogP contribution in [0.15, 0.2) is 82.5 Å². The van der Waals surface area contributed by atoms with Crippen LogP contribution in [0.4, 0.5) is 0 Å². The Kier molecular flexibility index (Phi) is 4.38. The summed E-state index contributed by atoms with van der Waals surface area (Å²) in [4.78, 5) is 12.7. The van der Waals surface area contributed by atoms with E-state index in [2.05, 4.69) is 10.5 Å². The minimum atomic E-state index is -0.874. The van der Waals surface area contributed by atoms with Gasteiger partial charge in [0.25, 0.3) is 5.91 Å². The Hall–Kier alpha value is -3.54. The number of carbonyl (C=O) groups is 1. The van der Waals surface area contributed by atoms with Crippen LogP contribution in [0.2, 0.25) is 0 Å². The second-order valence-electron chi connectivity index (χ2n) is 5.68. The van der Waals surface area contributed by atoms with Gasteiger partial charge >= 0.3 is 0 Å². The number of nitrogens with zero attached hydrogens (tertiary/aromatic N) is 1. The lowest BCUT2D eigenvalue weighted by atomic mass is 10.0. The van der Waals surface area contributed by atoms with Crippen molar-refractivity contribution in [2.75, 3.05) is 0 Å². The van der Waals surface area contributed by atoms with Gasteiger partial charge in [0, 0.05) is 0 Å². The topological polar surface area (TPSA) is 73.1 Å². The van der Waals surface area contributed by atoms with Crippen molar-refractivity contribution in [2.24, 2.45) is 5.10 Å². The first-order valence-corrected chi connectivity index (χ1v) is 8.15. The monoisotopic (exact) mass is 348 g/mol. The van der Waals surface area contributed by atoms with E-state index in [1.54, 1.807) is 18.2 Å². The molecule has 0 saturated carbocycles. The lowest BCUT2D eigenvalue weighted by molar-refractivity contribution is -0.134. The molecule has 6 heteroatoms. The molecule has 0 fully saturated rings. The van der Waals surface area contributed by atoms with E-state index in [0.717, 1.165) is 5.56 Å². The van der Waals surface area contributed by atoms with Gasteiger partial charge in [0.05, 0.1) is 12.5 Å². The number of hydrogen-bond acceptors (Lipinski definition) is 5. The van der Waals surface area contributed by atoms with Crippen LogP contribution in [0, 0.1) is 0 Å². The maximum absolute atomic E-state index is 12.7. The number of carbonyl (C=O) groups excluding carboxylic acids is 1. The van der Waals surface area contributed by atoms with Crippen molar-refractivity contribution >= 4 is 12.1 Å². The summed E-state index contributed by atoms with van der Waals surface area (Å²) in [6.45, 7) is 0. The fourth-order valence-electron chi connectivity index (χ4n) is 2.71. The molecule has 4 rings (SSSR count). The van der Waals surface area contributed by atoms with E-state index in [1.807, 2.05) is 48.5 Å². The highest BCUT2D eigenvalue weighted by Gasteiger charge is 2.38. The van der Waals surface area contributed by atoms with Gasteiger partial charge in [0.1, 0.15) is 5.76 Å². The fourth-order valence-corrected chi connectivity index (χ4v) is 2.71. The van der Waals surface area contributed by atoms with Crippen LogP contribution in [0.5, 0.6) is 11.5 Å². The molecule has 26 heavy (non-hydrogen) atoms. The lowest BCUT2D eigenvalue weighted by Crippen LogP contribution is -2.44. The standard InChI is InChI=1S/C20H16N2O4/c23-20(22-21-13-15-9-6-12-24-15)19-18(14-7-2-1-3-8-14)25-16-10-4-5-11-17(16)26-19/h1-13,18-19H,(H,22,23)/b21-13-/t18-,19+/m0/s1.